The molecule has 0 amide bonds. The van der Waals surface area contributed by atoms with Crippen LogP contribution < -0.4 is 9.64 Å². The number of methoxy groups -OCH3 is 2. The molecule has 0 radical (unpaired) electrons. The molecule has 2 heterocycles. The lowest BCUT2D eigenvalue weighted by atomic mass is 10.1. The minimum atomic E-state index is -0.393. The molecule has 2 aromatic carbocycles. The molecule has 164 valence electrons. The van der Waals surface area contributed by atoms with E-state index in [9.17, 15) is 0 Å². The number of pyridine rings is 1. The largest absolute Gasteiger partial charge is 0.488 e. The number of ether oxygens (including phenoxy) is 3. The van der Waals surface area contributed by atoms with E-state index in [1.807, 2.05) is 18.2 Å². The lowest BCUT2D eigenvalue weighted by Gasteiger charge is -2.35. The highest BCUT2D eigenvalue weighted by Crippen LogP contribution is 2.32. The standard InChI is InChI=1S/C25H31N3O3/c1-4-27-12-14-28(15-13-27)25-22-11-6-5-8-19(22)17-23(26-25)20-9-7-10-21(16-20)31-18-24(29-2)30-3/h5-11,16-17,24H,4,12-15,18H2,1-3H3. The summed E-state index contributed by atoms with van der Waals surface area (Å²) in [7, 11) is 3.21. The Morgan fingerprint density at radius 2 is 1.71 bits per heavy atom. The summed E-state index contributed by atoms with van der Waals surface area (Å²) in [5.74, 6) is 1.83. The Bertz CT molecular complexity index is 998. The van der Waals surface area contributed by atoms with E-state index in [1.165, 1.54) is 10.8 Å². The van der Waals surface area contributed by atoms with Gasteiger partial charge in [-0.15, -0.1) is 0 Å². The maximum atomic E-state index is 5.88. The Morgan fingerprint density at radius 3 is 2.45 bits per heavy atom. The van der Waals surface area contributed by atoms with E-state index in [0.29, 0.717) is 6.61 Å². The molecule has 1 aliphatic heterocycles. The maximum absolute atomic E-state index is 5.88. The molecule has 31 heavy (non-hydrogen) atoms. The van der Waals surface area contributed by atoms with E-state index in [2.05, 4.69) is 53.1 Å². The van der Waals surface area contributed by atoms with Crippen LogP contribution in [-0.4, -0.2) is 69.7 Å². The summed E-state index contributed by atoms with van der Waals surface area (Å²) < 4.78 is 16.3. The average molecular weight is 422 g/mol. The van der Waals surface area contributed by atoms with E-state index in [4.69, 9.17) is 19.2 Å². The number of hydrogen-bond donors (Lipinski definition) is 0. The zero-order valence-corrected chi connectivity index (χ0v) is 18.6. The summed E-state index contributed by atoms with van der Waals surface area (Å²) in [4.78, 5) is 10.0. The highest BCUT2D eigenvalue weighted by Gasteiger charge is 2.20. The van der Waals surface area contributed by atoms with E-state index in [1.54, 1.807) is 14.2 Å². The third kappa shape index (κ3) is 4.98. The van der Waals surface area contributed by atoms with Crippen LogP contribution in [0.2, 0.25) is 0 Å². The third-order valence-corrected chi connectivity index (χ3v) is 5.88. The lowest BCUT2D eigenvalue weighted by Crippen LogP contribution is -2.46. The van der Waals surface area contributed by atoms with E-state index >= 15 is 0 Å². The molecule has 0 N–H and O–H groups in total. The molecule has 4 rings (SSSR count). The van der Waals surface area contributed by atoms with Gasteiger partial charge in [0, 0.05) is 51.3 Å². The summed E-state index contributed by atoms with van der Waals surface area (Å²) in [5.41, 5.74) is 1.98. The molecule has 0 saturated carbocycles. The molecule has 0 unspecified atom stereocenters. The smallest absolute Gasteiger partial charge is 0.191 e. The van der Waals surface area contributed by atoms with Gasteiger partial charge < -0.3 is 24.0 Å². The first kappa shape index (κ1) is 21.6. The molecular formula is C25H31N3O3. The van der Waals surface area contributed by atoms with Crippen molar-refractivity contribution < 1.29 is 14.2 Å². The Balaban J connectivity index is 1.65. The van der Waals surface area contributed by atoms with Crippen molar-refractivity contribution in [2.75, 3.05) is 58.5 Å². The molecule has 1 aliphatic rings. The average Bonchev–Trinajstić information content (AvgIpc) is 2.84. The monoisotopic (exact) mass is 421 g/mol. The lowest BCUT2D eigenvalue weighted by molar-refractivity contribution is -0.121. The second-order valence-electron chi connectivity index (χ2n) is 7.71. The summed E-state index contributed by atoms with van der Waals surface area (Å²) >= 11 is 0. The Morgan fingerprint density at radius 1 is 0.935 bits per heavy atom. The van der Waals surface area contributed by atoms with Crippen molar-refractivity contribution in [2.24, 2.45) is 0 Å². The second-order valence-corrected chi connectivity index (χ2v) is 7.71. The molecule has 0 aliphatic carbocycles. The van der Waals surface area contributed by atoms with Crippen molar-refractivity contribution in [3.05, 3.63) is 54.6 Å². The van der Waals surface area contributed by atoms with Crippen LogP contribution in [0.15, 0.2) is 54.6 Å². The number of hydrogen-bond acceptors (Lipinski definition) is 6. The number of piperazine rings is 1. The molecule has 0 atom stereocenters. The first-order valence-electron chi connectivity index (χ1n) is 10.9. The fourth-order valence-corrected chi connectivity index (χ4v) is 3.99. The second kappa shape index (κ2) is 10.1. The zero-order valence-electron chi connectivity index (χ0n) is 18.6. The van der Waals surface area contributed by atoms with Crippen molar-refractivity contribution in [1.29, 1.82) is 0 Å². The number of anilines is 1. The van der Waals surface area contributed by atoms with Gasteiger partial charge in [-0.2, -0.15) is 0 Å². The molecular weight excluding hydrogens is 390 g/mol. The number of aromatic nitrogens is 1. The van der Waals surface area contributed by atoms with Gasteiger partial charge in [-0.1, -0.05) is 43.3 Å². The van der Waals surface area contributed by atoms with Gasteiger partial charge in [-0.25, -0.2) is 4.98 Å². The van der Waals surface area contributed by atoms with Crippen molar-refractivity contribution in [3.63, 3.8) is 0 Å². The van der Waals surface area contributed by atoms with Crippen LogP contribution in [0.4, 0.5) is 5.82 Å². The first-order valence-corrected chi connectivity index (χ1v) is 10.9. The topological polar surface area (TPSA) is 47.1 Å². The fourth-order valence-electron chi connectivity index (χ4n) is 3.99. The maximum Gasteiger partial charge on any atom is 0.191 e. The van der Waals surface area contributed by atoms with Crippen LogP contribution in [0.1, 0.15) is 6.92 Å². The highest BCUT2D eigenvalue weighted by molar-refractivity contribution is 5.95. The Hall–Kier alpha value is -2.67. The van der Waals surface area contributed by atoms with Crippen molar-refractivity contribution >= 4 is 16.6 Å². The third-order valence-electron chi connectivity index (χ3n) is 5.88. The van der Waals surface area contributed by atoms with Gasteiger partial charge in [0.05, 0.1) is 5.69 Å². The zero-order chi connectivity index (χ0) is 21.6. The van der Waals surface area contributed by atoms with E-state index < -0.39 is 6.29 Å². The predicted molar refractivity (Wildman–Crippen MR) is 125 cm³/mol. The van der Waals surface area contributed by atoms with Crippen LogP contribution in [0, 0.1) is 0 Å². The first-order chi connectivity index (χ1) is 15.2. The summed E-state index contributed by atoms with van der Waals surface area (Å²) in [5, 5.41) is 2.40. The van der Waals surface area contributed by atoms with Crippen LogP contribution >= 0.6 is 0 Å². The molecule has 6 nitrogen and oxygen atoms in total. The molecule has 0 bridgehead atoms. The molecule has 0 spiro atoms. The summed E-state index contributed by atoms with van der Waals surface area (Å²) in [6.45, 7) is 7.77. The van der Waals surface area contributed by atoms with Crippen LogP contribution in [0.5, 0.6) is 5.75 Å². The molecule has 1 aromatic heterocycles. The summed E-state index contributed by atoms with van der Waals surface area (Å²) in [6, 6.07) is 18.7. The number of nitrogens with zero attached hydrogens (tertiary/aromatic N) is 3. The van der Waals surface area contributed by atoms with Crippen molar-refractivity contribution in [2.45, 2.75) is 13.2 Å². The van der Waals surface area contributed by atoms with E-state index in [-0.39, 0.29) is 0 Å². The van der Waals surface area contributed by atoms with Crippen LogP contribution in [-0.2, 0) is 9.47 Å². The number of rotatable bonds is 8. The molecule has 3 aromatic rings. The minimum Gasteiger partial charge on any atom is -0.488 e. The van der Waals surface area contributed by atoms with Gasteiger partial charge in [-0.3, -0.25) is 0 Å². The van der Waals surface area contributed by atoms with Gasteiger partial charge in [-0.05, 0) is 30.1 Å². The SMILES string of the molecule is CCN1CCN(c2nc(-c3cccc(OCC(OC)OC)c3)cc3ccccc23)CC1. The molecule has 1 saturated heterocycles. The fraction of sp³-hybridized carbons (Fsp3) is 0.400. The summed E-state index contributed by atoms with van der Waals surface area (Å²) in [6.07, 6.45) is -0.393. The number of likely N-dealkylation sites (N-methyl/N-ethyl adjacent to an activating group) is 1. The number of benzene rings is 2. The van der Waals surface area contributed by atoms with Gasteiger partial charge in [0.25, 0.3) is 0 Å². The van der Waals surface area contributed by atoms with Crippen LogP contribution in [0.3, 0.4) is 0 Å². The Labute approximate surface area is 184 Å². The molecule has 1 fully saturated rings. The van der Waals surface area contributed by atoms with Crippen molar-refractivity contribution in [3.8, 4) is 17.0 Å². The van der Waals surface area contributed by atoms with E-state index in [0.717, 1.165) is 55.5 Å². The Kier molecular flexibility index (Phi) is 7.02. The van der Waals surface area contributed by atoms with Gasteiger partial charge in [0.1, 0.15) is 18.2 Å². The highest BCUT2D eigenvalue weighted by atomic mass is 16.7. The van der Waals surface area contributed by atoms with Crippen LogP contribution in [0.25, 0.3) is 22.0 Å². The quantitative estimate of drug-likeness (QED) is 0.512. The predicted octanol–water partition coefficient (Wildman–Crippen LogP) is 4.04. The normalized spacial score (nSPS) is 15.0. The minimum absolute atomic E-state index is 0.328. The van der Waals surface area contributed by atoms with Gasteiger partial charge in [0.2, 0.25) is 0 Å². The van der Waals surface area contributed by atoms with Gasteiger partial charge in [0.15, 0.2) is 6.29 Å². The molecule has 6 heteroatoms. The van der Waals surface area contributed by atoms with Crippen molar-refractivity contribution in [1.82, 2.24) is 9.88 Å². The number of fused-ring (bicyclic) bond motifs is 1. The van der Waals surface area contributed by atoms with Gasteiger partial charge >= 0.3 is 0 Å².